The number of benzene rings is 3. The van der Waals surface area contributed by atoms with Crippen LogP contribution in [0.3, 0.4) is 0 Å². The van der Waals surface area contributed by atoms with Crippen LogP contribution < -0.4 is 20.0 Å². The van der Waals surface area contributed by atoms with Crippen LogP contribution in [0.4, 0.5) is 15.8 Å². The molecule has 4 aliphatic rings. The number of rotatable bonds is 5. The SMILES string of the molecule is COc1cc(C2C3=CCC4C(=O)N(c5cccc(B(O)O)c5)C(=O)C4C3CC3(Cl)C(=O)N(c4ccc(F)cc4)C(=O)C23Cl)cc(I)c1O. The van der Waals surface area contributed by atoms with Gasteiger partial charge in [0, 0.05) is 5.92 Å². The third kappa shape index (κ3) is 4.50. The van der Waals surface area contributed by atoms with Gasteiger partial charge in [-0.2, -0.15) is 0 Å². The third-order valence-electron chi connectivity index (χ3n) is 9.93. The van der Waals surface area contributed by atoms with E-state index < -0.39 is 70.0 Å². The second-order valence-corrected chi connectivity index (χ2v) is 14.7. The van der Waals surface area contributed by atoms with Gasteiger partial charge in [-0.25, -0.2) is 9.29 Å². The van der Waals surface area contributed by atoms with Crippen LogP contribution in [0, 0.1) is 27.1 Å². The minimum Gasteiger partial charge on any atom is -0.504 e. The van der Waals surface area contributed by atoms with Crippen molar-refractivity contribution in [2.75, 3.05) is 16.9 Å². The van der Waals surface area contributed by atoms with Crippen LogP contribution in [0.25, 0.3) is 0 Å². The molecule has 3 aromatic carbocycles. The smallest absolute Gasteiger partial charge is 0.488 e. The number of carbonyl (C=O) groups excluding carboxylic acids is 4. The molecule has 48 heavy (non-hydrogen) atoms. The summed E-state index contributed by atoms with van der Waals surface area (Å²) in [5.74, 6) is -7.27. The fourth-order valence-electron chi connectivity index (χ4n) is 7.77. The highest BCUT2D eigenvalue weighted by molar-refractivity contribution is 14.1. The van der Waals surface area contributed by atoms with Crippen LogP contribution in [0.2, 0.25) is 0 Å². The van der Waals surface area contributed by atoms with E-state index in [1.165, 1.54) is 49.6 Å². The monoisotopic (exact) mass is 804 g/mol. The van der Waals surface area contributed by atoms with Gasteiger partial charge in [0.2, 0.25) is 11.8 Å². The fourth-order valence-corrected chi connectivity index (χ4v) is 9.33. The van der Waals surface area contributed by atoms with Crippen molar-refractivity contribution in [3.05, 3.63) is 87.3 Å². The number of amides is 4. The Balaban J connectivity index is 1.40. The van der Waals surface area contributed by atoms with Gasteiger partial charge in [-0.05, 0) is 101 Å². The van der Waals surface area contributed by atoms with Crippen LogP contribution >= 0.6 is 45.8 Å². The number of alkyl halides is 2. The summed E-state index contributed by atoms with van der Waals surface area (Å²) >= 11 is 16.7. The summed E-state index contributed by atoms with van der Waals surface area (Å²) in [4.78, 5) is 54.6. The molecule has 2 heterocycles. The number of halogens is 4. The number of anilines is 2. The molecule has 246 valence electrons. The van der Waals surface area contributed by atoms with Gasteiger partial charge in [0.05, 0.1) is 33.9 Å². The maximum absolute atomic E-state index is 14.5. The first kappa shape index (κ1) is 33.0. The summed E-state index contributed by atoms with van der Waals surface area (Å²) < 4.78 is 19.6. The molecular formula is C33H25BCl2FIN2O8. The molecule has 15 heteroatoms. The number of imide groups is 2. The van der Waals surface area contributed by atoms with E-state index >= 15 is 0 Å². The number of hydrogen-bond donors (Lipinski definition) is 3. The van der Waals surface area contributed by atoms with Gasteiger partial charge in [0.25, 0.3) is 11.8 Å². The Morgan fingerprint density at radius 2 is 1.65 bits per heavy atom. The first-order valence-electron chi connectivity index (χ1n) is 14.9. The molecule has 1 saturated carbocycles. The molecule has 2 aliphatic carbocycles. The van der Waals surface area contributed by atoms with Crippen LogP contribution in [-0.4, -0.2) is 62.8 Å². The summed E-state index contributed by atoms with van der Waals surface area (Å²) in [6, 6.07) is 13.6. The van der Waals surface area contributed by atoms with Crippen molar-refractivity contribution in [1.29, 1.82) is 0 Å². The van der Waals surface area contributed by atoms with Gasteiger partial charge in [0.15, 0.2) is 21.2 Å². The highest BCUT2D eigenvalue weighted by Crippen LogP contribution is 2.66. The van der Waals surface area contributed by atoms with E-state index in [1.807, 2.05) is 22.6 Å². The maximum atomic E-state index is 14.5. The molecule has 4 amide bonds. The Hall–Kier alpha value is -3.50. The van der Waals surface area contributed by atoms with Crippen molar-refractivity contribution >= 4 is 93.4 Å². The van der Waals surface area contributed by atoms with E-state index in [9.17, 15) is 38.7 Å². The lowest BCUT2D eigenvalue weighted by molar-refractivity contribution is -0.125. The summed E-state index contributed by atoms with van der Waals surface area (Å²) in [6.07, 6.45) is 1.59. The zero-order chi connectivity index (χ0) is 34.4. The molecule has 0 spiro atoms. The van der Waals surface area contributed by atoms with Gasteiger partial charge in [-0.1, -0.05) is 23.8 Å². The zero-order valence-electron chi connectivity index (χ0n) is 24.9. The van der Waals surface area contributed by atoms with Gasteiger partial charge >= 0.3 is 7.12 Å². The van der Waals surface area contributed by atoms with Gasteiger partial charge in [-0.3, -0.25) is 24.1 Å². The van der Waals surface area contributed by atoms with Crippen molar-refractivity contribution in [1.82, 2.24) is 0 Å². The summed E-state index contributed by atoms with van der Waals surface area (Å²) in [7, 11) is -0.478. The Morgan fingerprint density at radius 1 is 0.938 bits per heavy atom. The molecule has 0 bridgehead atoms. The molecule has 10 nitrogen and oxygen atoms in total. The number of phenols is 1. The number of methoxy groups -OCH3 is 1. The summed E-state index contributed by atoms with van der Waals surface area (Å²) in [5.41, 5.74) is 1.19. The molecule has 0 aromatic heterocycles. The number of fused-ring (bicyclic) bond motifs is 4. The molecule has 3 N–H and O–H groups in total. The average molecular weight is 805 g/mol. The predicted molar refractivity (Wildman–Crippen MR) is 183 cm³/mol. The number of aromatic hydroxyl groups is 1. The highest BCUT2D eigenvalue weighted by Gasteiger charge is 2.76. The lowest BCUT2D eigenvalue weighted by Crippen LogP contribution is -2.60. The molecule has 2 aliphatic heterocycles. The lowest BCUT2D eigenvalue weighted by atomic mass is 9.56. The number of hydrogen-bond acceptors (Lipinski definition) is 8. The second-order valence-electron chi connectivity index (χ2n) is 12.3. The Labute approximate surface area is 297 Å². The van der Waals surface area contributed by atoms with Gasteiger partial charge in [-0.15, -0.1) is 23.2 Å². The zero-order valence-corrected chi connectivity index (χ0v) is 28.6. The standard InChI is InChI=1S/C33H25BCl2FIN2O8/c1-48-24-12-15(11-23(38)27(24)41)26-20-9-10-21-25(29(43)39(28(21)42)19-4-2-3-16(13-19)34(46)47)22(20)14-32(35)30(44)40(31(45)33(26,32)36)18-7-5-17(37)6-8-18/h2-9,11-13,21-22,25-26,41,46-47H,10,14H2,1H3. The first-order valence-corrected chi connectivity index (χ1v) is 16.7. The lowest BCUT2D eigenvalue weighted by Gasteiger charge is -2.50. The Bertz CT molecular complexity index is 1960. The highest BCUT2D eigenvalue weighted by atomic mass is 127. The van der Waals surface area contributed by atoms with Crippen molar-refractivity contribution in [2.24, 2.45) is 17.8 Å². The van der Waals surface area contributed by atoms with E-state index in [2.05, 4.69) is 0 Å². The Morgan fingerprint density at radius 3 is 2.31 bits per heavy atom. The molecule has 0 radical (unpaired) electrons. The van der Waals surface area contributed by atoms with E-state index in [1.54, 1.807) is 12.1 Å². The van der Waals surface area contributed by atoms with E-state index in [0.29, 0.717) is 14.7 Å². The summed E-state index contributed by atoms with van der Waals surface area (Å²) in [6.45, 7) is 0. The van der Waals surface area contributed by atoms with Gasteiger partial charge < -0.3 is 19.9 Å². The average Bonchev–Trinajstić information content (AvgIpc) is 3.40. The largest absolute Gasteiger partial charge is 0.504 e. The van der Waals surface area contributed by atoms with Crippen LogP contribution in [-0.2, 0) is 19.2 Å². The minimum absolute atomic E-state index is 0.0524. The van der Waals surface area contributed by atoms with Crippen molar-refractivity contribution in [3.63, 3.8) is 0 Å². The van der Waals surface area contributed by atoms with Crippen LogP contribution in [0.5, 0.6) is 11.5 Å². The molecular weight excluding hydrogens is 780 g/mol. The number of ether oxygens (including phenoxy) is 1. The molecule has 6 atom stereocenters. The van der Waals surface area contributed by atoms with Crippen LogP contribution in [0.15, 0.2) is 72.3 Å². The summed E-state index contributed by atoms with van der Waals surface area (Å²) in [5, 5.41) is 30.1. The molecule has 3 aromatic rings. The Kier molecular flexibility index (Phi) is 7.94. The molecule has 3 fully saturated rings. The van der Waals surface area contributed by atoms with E-state index in [0.717, 1.165) is 21.9 Å². The second kappa shape index (κ2) is 11.5. The number of carbonyl (C=O) groups is 4. The van der Waals surface area contributed by atoms with Crippen molar-refractivity contribution in [2.45, 2.75) is 28.5 Å². The van der Waals surface area contributed by atoms with E-state index in [4.69, 9.17) is 27.9 Å². The maximum Gasteiger partial charge on any atom is 0.488 e. The number of nitrogens with zero attached hydrogens (tertiary/aromatic N) is 2. The third-order valence-corrected chi connectivity index (χ3v) is 12.2. The van der Waals surface area contributed by atoms with Crippen molar-refractivity contribution < 1.29 is 43.5 Å². The topological polar surface area (TPSA) is 145 Å². The van der Waals surface area contributed by atoms with Gasteiger partial charge in [0.1, 0.15) is 5.82 Å². The fraction of sp³-hybridized carbons (Fsp3) is 0.273. The first-order chi connectivity index (χ1) is 22.7. The van der Waals surface area contributed by atoms with Crippen molar-refractivity contribution in [3.8, 4) is 11.5 Å². The number of allylic oxidation sites excluding steroid dienone is 2. The minimum atomic E-state index is -2.16. The normalized spacial score (nSPS) is 29.4. The van der Waals surface area contributed by atoms with Crippen LogP contribution in [0.1, 0.15) is 24.3 Å². The molecule has 7 rings (SSSR count). The molecule has 6 unspecified atom stereocenters. The molecule has 2 saturated heterocycles. The quantitative estimate of drug-likeness (QED) is 0.117. The predicted octanol–water partition coefficient (Wildman–Crippen LogP) is 3.59. The van der Waals surface area contributed by atoms with E-state index in [-0.39, 0.29) is 41.2 Å². The number of phenolic OH excluding ortho intramolecular Hbond substituents is 1.